The Bertz CT molecular complexity index is 258. The van der Waals surface area contributed by atoms with Crippen LogP contribution in [0.5, 0.6) is 0 Å². The lowest BCUT2D eigenvalue weighted by atomic mass is 10.00. The van der Waals surface area contributed by atoms with E-state index in [1.54, 1.807) is 0 Å². The number of nitrogens with one attached hydrogen (secondary N) is 1. The molecule has 106 valence electrons. The van der Waals surface area contributed by atoms with Crippen LogP contribution < -0.4 is 4.90 Å². The summed E-state index contributed by atoms with van der Waals surface area (Å²) in [5.74, 6) is 1.22. The zero-order valence-corrected chi connectivity index (χ0v) is 12.1. The van der Waals surface area contributed by atoms with Gasteiger partial charge in [0, 0.05) is 12.8 Å². The van der Waals surface area contributed by atoms with Crippen LogP contribution in [0.15, 0.2) is 0 Å². The number of quaternary nitrogens is 1. The fourth-order valence-electron chi connectivity index (χ4n) is 3.23. The van der Waals surface area contributed by atoms with E-state index in [1.165, 1.54) is 4.90 Å². The van der Waals surface area contributed by atoms with Gasteiger partial charge in [-0.3, -0.25) is 4.90 Å². The quantitative estimate of drug-likeness (QED) is 0.750. The molecule has 2 saturated heterocycles. The molecule has 0 aromatic rings. The largest absolute Gasteiger partial charge is 0.390 e. The van der Waals surface area contributed by atoms with Crippen LogP contribution in [-0.4, -0.2) is 42.9 Å². The van der Waals surface area contributed by atoms with Crippen molar-refractivity contribution in [3.8, 4) is 0 Å². The molecule has 0 amide bonds. The third kappa shape index (κ3) is 2.57. The molecule has 0 aliphatic carbocycles. The molecule has 18 heavy (non-hydrogen) atoms. The second kappa shape index (κ2) is 5.45. The minimum absolute atomic E-state index is 0.158. The molecule has 2 unspecified atom stereocenters. The molecule has 2 fully saturated rings. The van der Waals surface area contributed by atoms with E-state index in [1.807, 2.05) is 0 Å². The molecular formula is C14H28NO3+. The van der Waals surface area contributed by atoms with Crippen molar-refractivity contribution < 1.29 is 19.5 Å². The van der Waals surface area contributed by atoms with Crippen LogP contribution in [0.25, 0.3) is 0 Å². The van der Waals surface area contributed by atoms with E-state index in [0.717, 1.165) is 12.8 Å². The van der Waals surface area contributed by atoms with Gasteiger partial charge in [-0.25, -0.2) is 0 Å². The van der Waals surface area contributed by atoms with Gasteiger partial charge >= 0.3 is 0 Å². The molecule has 4 atom stereocenters. The monoisotopic (exact) mass is 258 g/mol. The Hall–Kier alpha value is -0.160. The number of rotatable bonds is 5. The maximum absolute atomic E-state index is 9.75. The predicted molar refractivity (Wildman–Crippen MR) is 69.2 cm³/mol. The summed E-state index contributed by atoms with van der Waals surface area (Å²) in [6, 6.07) is 0. The molecular weight excluding hydrogens is 230 g/mol. The summed E-state index contributed by atoms with van der Waals surface area (Å²) in [4.78, 5) is 1.34. The lowest BCUT2D eigenvalue weighted by Gasteiger charge is -2.30. The Morgan fingerprint density at radius 1 is 1.06 bits per heavy atom. The van der Waals surface area contributed by atoms with Crippen molar-refractivity contribution in [1.29, 1.82) is 0 Å². The molecule has 0 spiro atoms. The van der Waals surface area contributed by atoms with Gasteiger partial charge in [-0.2, -0.15) is 0 Å². The van der Waals surface area contributed by atoms with E-state index in [-0.39, 0.29) is 24.6 Å². The first-order chi connectivity index (χ1) is 8.48. The van der Waals surface area contributed by atoms with Crippen LogP contribution in [-0.2, 0) is 9.47 Å². The SMILES string of the molecule is CC(C)C[C@@H]1OCC2(CO)CO[C@H](CC(C)C)[NH+]12. The first kappa shape index (κ1) is 14.3. The Balaban J connectivity index is 2.12. The summed E-state index contributed by atoms with van der Waals surface area (Å²) in [6.07, 6.45) is 2.44. The Labute approximate surface area is 110 Å². The summed E-state index contributed by atoms with van der Waals surface area (Å²) >= 11 is 0. The van der Waals surface area contributed by atoms with Gasteiger partial charge in [-0.15, -0.1) is 0 Å². The highest BCUT2D eigenvalue weighted by molar-refractivity contribution is 4.87. The molecule has 2 N–H and O–H groups in total. The van der Waals surface area contributed by atoms with Crippen LogP contribution in [0, 0.1) is 11.8 Å². The zero-order valence-electron chi connectivity index (χ0n) is 12.1. The smallest absolute Gasteiger partial charge is 0.194 e. The molecule has 2 rings (SSSR count). The van der Waals surface area contributed by atoms with Crippen molar-refractivity contribution in [2.75, 3.05) is 19.8 Å². The number of hydrogen-bond acceptors (Lipinski definition) is 3. The van der Waals surface area contributed by atoms with Crippen molar-refractivity contribution in [1.82, 2.24) is 0 Å². The summed E-state index contributed by atoms with van der Waals surface area (Å²) in [5.41, 5.74) is -0.209. The van der Waals surface area contributed by atoms with Crippen LogP contribution in [0.2, 0.25) is 0 Å². The Kier molecular flexibility index (Phi) is 4.32. The highest BCUT2D eigenvalue weighted by atomic mass is 16.6. The summed E-state index contributed by atoms with van der Waals surface area (Å²) in [6.45, 7) is 10.3. The molecule has 0 saturated carbocycles. The topological polar surface area (TPSA) is 43.1 Å². The molecule has 4 heteroatoms. The molecule has 0 radical (unpaired) electrons. The highest BCUT2D eigenvalue weighted by Crippen LogP contribution is 2.23. The third-order valence-electron chi connectivity index (χ3n) is 4.10. The molecule has 0 bridgehead atoms. The van der Waals surface area contributed by atoms with E-state index >= 15 is 0 Å². The van der Waals surface area contributed by atoms with Crippen molar-refractivity contribution in [2.24, 2.45) is 11.8 Å². The van der Waals surface area contributed by atoms with Crippen LogP contribution >= 0.6 is 0 Å². The lowest BCUT2D eigenvalue weighted by Crippen LogP contribution is -3.23. The van der Waals surface area contributed by atoms with E-state index in [2.05, 4.69) is 27.7 Å². The predicted octanol–water partition coefficient (Wildman–Crippen LogP) is 0.407. The number of ether oxygens (including phenoxy) is 2. The molecule has 2 heterocycles. The standard InChI is InChI=1S/C14H27NO3/c1-10(2)5-12-15-13(6-11(3)4)18-9-14(15,7-16)8-17-12/h10-13,16H,5-9H2,1-4H3/p+1/t12-,13+,14?. The second-order valence-electron chi connectivity index (χ2n) is 6.75. The minimum atomic E-state index is -0.209. The second-order valence-corrected chi connectivity index (χ2v) is 6.75. The molecule has 2 aliphatic rings. The van der Waals surface area contributed by atoms with Gasteiger partial charge in [0.25, 0.3) is 0 Å². The van der Waals surface area contributed by atoms with Crippen LogP contribution in [0.3, 0.4) is 0 Å². The van der Waals surface area contributed by atoms with Gasteiger partial charge in [0.05, 0.1) is 0 Å². The maximum Gasteiger partial charge on any atom is 0.194 e. The molecule has 4 nitrogen and oxygen atoms in total. The van der Waals surface area contributed by atoms with Gasteiger partial charge in [0.1, 0.15) is 19.8 Å². The van der Waals surface area contributed by atoms with Gasteiger partial charge in [0.15, 0.2) is 18.0 Å². The zero-order chi connectivity index (χ0) is 13.3. The lowest BCUT2D eigenvalue weighted by molar-refractivity contribution is -0.990. The average molecular weight is 258 g/mol. The summed E-state index contributed by atoms with van der Waals surface area (Å²) in [5, 5.41) is 9.75. The van der Waals surface area contributed by atoms with Crippen molar-refractivity contribution >= 4 is 0 Å². The Morgan fingerprint density at radius 2 is 1.50 bits per heavy atom. The van der Waals surface area contributed by atoms with Gasteiger partial charge in [-0.1, -0.05) is 27.7 Å². The molecule has 2 aliphatic heterocycles. The first-order valence-electron chi connectivity index (χ1n) is 7.20. The number of hydrogen-bond donors (Lipinski definition) is 2. The van der Waals surface area contributed by atoms with Crippen LogP contribution in [0.4, 0.5) is 0 Å². The fraction of sp³-hybridized carbons (Fsp3) is 1.00. The highest BCUT2D eigenvalue weighted by Gasteiger charge is 2.59. The summed E-state index contributed by atoms with van der Waals surface area (Å²) < 4.78 is 11.9. The molecule has 0 aromatic carbocycles. The maximum atomic E-state index is 9.75. The number of aliphatic hydroxyl groups excluding tert-OH is 1. The van der Waals surface area contributed by atoms with Gasteiger partial charge in [-0.05, 0) is 11.8 Å². The van der Waals surface area contributed by atoms with E-state index in [0.29, 0.717) is 25.0 Å². The van der Waals surface area contributed by atoms with Gasteiger partial charge < -0.3 is 14.6 Å². The van der Waals surface area contributed by atoms with E-state index in [4.69, 9.17) is 9.47 Å². The van der Waals surface area contributed by atoms with Crippen LogP contribution in [0.1, 0.15) is 40.5 Å². The average Bonchev–Trinajstić information content (AvgIpc) is 2.78. The minimum Gasteiger partial charge on any atom is -0.390 e. The van der Waals surface area contributed by atoms with Gasteiger partial charge in [0.2, 0.25) is 0 Å². The Morgan fingerprint density at radius 3 is 1.83 bits per heavy atom. The number of fused-ring (bicyclic) bond motifs is 1. The third-order valence-corrected chi connectivity index (χ3v) is 4.10. The normalized spacial score (nSPS) is 39.8. The summed E-state index contributed by atoms with van der Waals surface area (Å²) in [7, 11) is 0. The van der Waals surface area contributed by atoms with Crippen molar-refractivity contribution in [3.05, 3.63) is 0 Å². The van der Waals surface area contributed by atoms with Crippen molar-refractivity contribution in [3.63, 3.8) is 0 Å². The number of aliphatic hydroxyl groups is 1. The molecule has 0 aromatic heterocycles. The van der Waals surface area contributed by atoms with Crippen molar-refractivity contribution in [2.45, 2.75) is 58.5 Å². The fourth-order valence-corrected chi connectivity index (χ4v) is 3.23. The van der Waals surface area contributed by atoms with E-state index in [9.17, 15) is 5.11 Å². The van der Waals surface area contributed by atoms with E-state index < -0.39 is 0 Å². The first-order valence-corrected chi connectivity index (χ1v) is 7.20.